The fourth-order valence-corrected chi connectivity index (χ4v) is 3.42. The van der Waals surface area contributed by atoms with Gasteiger partial charge in [0.1, 0.15) is 11.9 Å². The first kappa shape index (κ1) is 14.2. The van der Waals surface area contributed by atoms with E-state index in [9.17, 15) is 0 Å². The molecule has 0 bridgehead atoms. The van der Waals surface area contributed by atoms with Gasteiger partial charge in [-0.15, -0.1) is 0 Å². The van der Waals surface area contributed by atoms with E-state index < -0.39 is 0 Å². The predicted molar refractivity (Wildman–Crippen MR) is 82.6 cm³/mol. The van der Waals surface area contributed by atoms with Gasteiger partial charge in [0.2, 0.25) is 0 Å². The molecule has 0 saturated heterocycles. The van der Waals surface area contributed by atoms with Gasteiger partial charge < -0.3 is 10.1 Å². The maximum atomic E-state index is 6.09. The van der Waals surface area contributed by atoms with Crippen molar-refractivity contribution in [3.8, 4) is 5.75 Å². The highest BCUT2D eigenvalue weighted by Crippen LogP contribution is 2.37. The van der Waals surface area contributed by atoms with Gasteiger partial charge in [-0.2, -0.15) is 11.8 Å². The molecule has 0 saturated carbocycles. The third kappa shape index (κ3) is 3.43. The van der Waals surface area contributed by atoms with Crippen LogP contribution in [0.1, 0.15) is 31.4 Å². The van der Waals surface area contributed by atoms with Crippen molar-refractivity contribution in [2.45, 2.75) is 31.9 Å². The molecule has 18 heavy (non-hydrogen) atoms. The maximum Gasteiger partial charge on any atom is 0.124 e. The average molecular weight is 330 g/mol. The van der Waals surface area contributed by atoms with E-state index in [0.717, 1.165) is 23.1 Å². The van der Waals surface area contributed by atoms with Crippen molar-refractivity contribution in [3.05, 3.63) is 28.2 Å². The Hall–Kier alpha value is -0.190. The van der Waals surface area contributed by atoms with E-state index in [2.05, 4.69) is 46.4 Å². The molecule has 1 aliphatic rings. The number of hydrogen-bond acceptors (Lipinski definition) is 3. The molecule has 0 fully saturated rings. The van der Waals surface area contributed by atoms with Crippen molar-refractivity contribution in [2.24, 2.45) is 0 Å². The van der Waals surface area contributed by atoms with Gasteiger partial charge in [-0.3, -0.25) is 0 Å². The van der Waals surface area contributed by atoms with E-state index in [0.29, 0.717) is 12.1 Å². The number of rotatable bonds is 5. The summed E-state index contributed by atoms with van der Waals surface area (Å²) < 4.78 is 7.21. The van der Waals surface area contributed by atoms with Crippen LogP contribution in [0.5, 0.6) is 5.75 Å². The van der Waals surface area contributed by atoms with E-state index in [1.807, 2.05) is 18.8 Å². The minimum Gasteiger partial charge on any atom is -0.490 e. The summed E-state index contributed by atoms with van der Waals surface area (Å²) in [6.07, 6.45) is 2.53. The summed E-state index contributed by atoms with van der Waals surface area (Å²) >= 11 is 5.51. The Bertz CT molecular complexity index is 399. The Balaban J connectivity index is 2.08. The second-order valence-electron chi connectivity index (χ2n) is 4.48. The largest absolute Gasteiger partial charge is 0.490 e. The van der Waals surface area contributed by atoms with Crippen molar-refractivity contribution >= 4 is 27.7 Å². The van der Waals surface area contributed by atoms with E-state index in [-0.39, 0.29) is 0 Å². The molecule has 0 spiro atoms. The van der Waals surface area contributed by atoms with Gasteiger partial charge in [0.05, 0.1) is 0 Å². The van der Waals surface area contributed by atoms with E-state index in [1.165, 1.54) is 17.1 Å². The van der Waals surface area contributed by atoms with E-state index in [4.69, 9.17) is 4.74 Å². The Morgan fingerprint density at radius 3 is 3.06 bits per heavy atom. The Kier molecular flexibility index (Phi) is 5.39. The summed E-state index contributed by atoms with van der Waals surface area (Å²) in [6.45, 7) is 2.20. The van der Waals surface area contributed by atoms with Crippen LogP contribution in [0.3, 0.4) is 0 Å². The Labute approximate surface area is 122 Å². The third-order valence-electron chi connectivity index (χ3n) is 3.28. The zero-order chi connectivity index (χ0) is 13.0. The van der Waals surface area contributed by atoms with Crippen molar-refractivity contribution in [3.63, 3.8) is 0 Å². The second-order valence-corrected chi connectivity index (χ2v) is 6.79. The summed E-state index contributed by atoms with van der Waals surface area (Å²) in [7, 11) is 2.03. The van der Waals surface area contributed by atoms with Crippen LogP contribution >= 0.6 is 27.7 Å². The SMILES string of the molecule is CCSCCC1CC(NC)c2cc(Br)ccc2O1. The molecule has 2 atom stereocenters. The van der Waals surface area contributed by atoms with Crippen molar-refractivity contribution in [1.82, 2.24) is 5.32 Å². The van der Waals surface area contributed by atoms with Crippen LogP contribution < -0.4 is 10.1 Å². The lowest BCUT2D eigenvalue weighted by Crippen LogP contribution is -2.31. The molecule has 2 unspecified atom stereocenters. The number of nitrogens with one attached hydrogen (secondary N) is 1. The zero-order valence-corrected chi connectivity index (χ0v) is 13.3. The van der Waals surface area contributed by atoms with E-state index >= 15 is 0 Å². The number of ether oxygens (including phenoxy) is 1. The second kappa shape index (κ2) is 6.83. The highest BCUT2D eigenvalue weighted by atomic mass is 79.9. The van der Waals surface area contributed by atoms with Crippen molar-refractivity contribution in [1.29, 1.82) is 0 Å². The van der Waals surface area contributed by atoms with Gasteiger partial charge in [-0.25, -0.2) is 0 Å². The topological polar surface area (TPSA) is 21.3 Å². The molecule has 4 heteroatoms. The molecule has 100 valence electrons. The zero-order valence-electron chi connectivity index (χ0n) is 10.9. The summed E-state index contributed by atoms with van der Waals surface area (Å²) in [5.41, 5.74) is 1.27. The van der Waals surface area contributed by atoms with Crippen LogP contribution in [0.2, 0.25) is 0 Å². The van der Waals surface area contributed by atoms with Gasteiger partial charge in [-0.1, -0.05) is 22.9 Å². The quantitative estimate of drug-likeness (QED) is 0.825. The van der Waals surface area contributed by atoms with Crippen LogP contribution in [0, 0.1) is 0 Å². The fourth-order valence-electron chi connectivity index (χ4n) is 2.33. The predicted octanol–water partition coefficient (Wildman–Crippen LogP) is 4.00. The van der Waals surface area contributed by atoms with Gasteiger partial charge in [0, 0.05) is 22.5 Å². The molecule has 2 nitrogen and oxygen atoms in total. The van der Waals surface area contributed by atoms with Crippen LogP contribution in [0.25, 0.3) is 0 Å². The van der Waals surface area contributed by atoms with Gasteiger partial charge in [0.15, 0.2) is 0 Å². The lowest BCUT2D eigenvalue weighted by molar-refractivity contribution is 0.149. The lowest BCUT2D eigenvalue weighted by Gasteiger charge is -2.32. The molecule has 1 aromatic carbocycles. The molecular weight excluding hydrogens is 310 g/mol. The van der Waals surface area contributed by atoms with Crippen LogP contribution in [0.15, 0.2) is 22.7 Å². The molecule has 0 amide bonds. The van der Waals surface area contributed by atoms with Gasteiger partial charge in [-0.05, 0) is 43.2 Å². The number of thioether (sulfide) groups is 1. The molecule has 0 aromatic heterocycles. The highest BCUT2D eigenvalue weighted by Gasteiger charge is 2.27. The highest BCUT2D eigenvalue weighted by molar-refractivity contribution is 9.10. The van der Waals surface area contributed by atoms with Crippen LogP contribution in [0.4, 0.5) is 0 Å². The first-order valence-corrected chi connectivity index (χ1v) is 8.40. The number of halogens is 1. The average Bonchev–Trinajstić information content (AvgIpc) is 2.38. The first-order chi connectivity index (χ1) is 8.74. The summed E-state index contributed by atoms with van der Waals surface area (Å²) in [6, 6.07) is 6.69. The monoisotopic (exact) mass is 329 g/mol. The smallest absolute Gasteiger partial charge is 0.124 e. The Morgan fingerprint density at radius 2 is 2.33 bits per heavy atom. The minimum absolute atomic E-state index is 0.343. The Morgan fingerprint density at radius 1 is 1.50 bits per heavy atom. The molecule has 2 rings (SSSR count). The third-order valence-corrected chi connectivity index (χ3v) is 4.70. The lowest BCUT2D eigenvalue weighted by atomic mass is 9.95. The molecule has 0 radical (unpaired) electrons. The summed E-state index contributed by atoms with van der Waals surface area (Å²) in [5, 5.41) is 3.40. The molecular formula is C14H20BrNOS. The van der Waals surface area contributed by atoms with Gasteiger partial charge >= 0.3 is 0 Å². The number of fused-ring (bicyclic) bond motifs is 1. The molecule has 1 heterocycles. The minimum atomic E-state index is 0.343. The van der Waals surface area contributed by atoms with Gasteiger partial charge in [0.25, 0.3) is 0 Å². The summed E-state index contributed by atoms with van der Waals surface area (Å²) in [5.74, 6) is 3.41. The first-order valence-electron chi connectivity index (χ1n) is 6.45. The summed E-state index contributed by atoms with van der Waals surface area (Å²) in [4.78, 5) is 0. The molecule has 1 aliphatic heterocycles. The maximum absolute atomic E-state index is 6.09. The number of benzene rings is 1. The molecule has 1 aromatic rings. The van der Waals surface area contributed by atoms with Crippen LogP contribution in [-0.4, -0.2) is 24.7 Å². The van der Waals surface area contributed by atoms with E-state index in [1.54, 1.807) is 0 Å². The fraction of sp³-hybridized carbons (Fsp3) is 0.571. The standard InChI is InChI=1S/C14H20BrNOS/c1-3-18-7-6-11-9-13(16-2)12-8-10(15)4-5-14(12)17-11/h4-5,8,11,13,16H,3,6-7,9H2,1-2H3. The number of hydrogen-bond donors (Lipinski definition) is 1. The molecule has 1 N–H and O–H groups in total. The normalized spacial score (nSPS) is 22.4. The van der Waals surface area contributed by atoms with Crippen molar-refractivity contribution < 1.29 is 4.74 Å². The molecule has 0 aliphatic carbocycles. The van der Waals surface area contributed by atoms with Crippen molar-refractivity contribution in [2.75, 3.05) is 18.6 Å². The van der Waals surface area contributed by atoms with Crippen LogP contribution in [-0.2, 0) is 0 Å².